The Bertz CT molecular complexity index is 792. The Labute approximate surface area is 104 Å². The minimum Gasteiger partial charge on any atom is -0.422 e. The summed E-state index contributed by atoms with van der Waals surface area (Å²) in [5.74, 6) is -0.354. The summed E-state index contributed by atoms with van der Waals surface area (Å²) >= 11 is 3.30. The van der Waals surface area contributed by atoms with Crippen LogP contribution in [0, 0.1) is 5.82 Å². The number of fused-ring (bicyclic) bond motifs is 3. The van der Waals surface area contributed by atoms with Crippen LogP contribution in [0.5, 0.6) is 0 Å². The molecule has 0 aliphatic heterocycles. The van der Waals surface area contributed by atoms with Crippen molar-refractivity contribution in [3.05, 3.63) is 57.1 Å². The lowest BCUT2D eigenvalue weighted by atomic mass is 10.1. The molecular weight excluding hydrogens is 287 g/mol. The number of halogens is 2. The number of hydrogen-bond donors (Lipinski definition) is 0. The highest BCUT2D eigenvalue weighted by atomic mass is 79.9. The van der Waals surface area contributed by atoms with Gasteiger partial charge in [-0.2, -0.15) is 0 Å². The van der Waals surface area contributed by atoms with Gasteiger partial charge in [-0.3, -0.25) is 0 Å². The molecule has 1 heterocycles. The van der Waals surface area contributed by atoms with E-state index in [-0.39, 0.29) is 5.82 Å². The van der Waals surface area contributed by atoms with Crippen molar-refractivity contribution in [1.82, 2.24) is 0 Å². The first-order chi connectivity index (χ1) is 8.16. The largest absolute Gasteiger partial charge is 0.422 e. The average molecular weight is 293 g/mol. The van der Waals surface area contributed by atoms with Crippen molar-refractivity contribution >= 4 is 37.7 Å². The second kappa shape index (κ2) is 3.67. The summed E-state index contributed by atoms with van der Waals surface area (Å²) in [6.45, 7) is 0. The lowest BCUT2D eigenvalue weighted by Crippen LogP contribution is -2.00. The molecule has 0 N–H and O–H groups in total. The van der Waals surface area contributed by atoms with E-state index in [4.69, 9.17) is 4.42 Å². The Morgan fingerprint density at radius 1 is 1.12 bits per heavy atom. The normalized spacial score (nSPS) is 11.2. The van der Waals surface area contributed by atoms with Crippen LogP contribution in [-0.2, 0) is 0 Å². The third-order valence-electron chi connectivity index (χ3n) is 2.65. The maximum Gasteiger partial charge on any atom is 0.345 e. The smallest absolute Gasteiger partial charge is 0.345 e. The minimum atomic E-state index is -0.424. The Kier molecular flexibility index (Phi) is 2.26. The van der Waals surface area contributed by atoms with Gasteiger partial charge in [-0.15, -0.1) is 0 Å². The van der Waals surface area contributed by atoms with Crippen LogP contribution in [0.25, 0.3) is 21.7 Å². The van der Waals surface area contributed by atoms with E-state index in [0.717, 1.165) is 0 Å². The van der Waals surface area contributed by atoms with Crippen molar-refractivity contribution < 1.29 is 8.81 Å². The molecule has 17 heavy (non-hydrogen) atoms. The van der Waals surface area contributed by atoms with E-state index in [1.807, 2.05) is 0 Å². The average Bonchev–Trinajstić information content (AvgIpc) is 2.30. The van der Waals surface area contributed by atoms with Crippen LogP contribution >= 0.6 is 15.9 Å². The van der Waals surface area contributed by atoms with Gasteiger partial charge in [0.2, 0.25) is 0 Å². The lowest BCUT2D eigenvalue weighted by molar-refractivity contribution is 0.566. The summed E-state index contributed by atoms with van der Waals surface area (Å²) < 4.78 is 19.0. The van der Waals surface area contributed by atoms with E-state index in [9.17, 15) is 9.18 Å². The second-order valence-corrected chi connectivity index (χ2v) is 4.55. The van der Waals surface area contributed by atoms with Gasteiger partial charge in [0.15, 0.2) is 0 Å². The Morgan fingerprint density at radius 3 is 2.76 bits per heavy atom. The van der Waals surface area contributed by atoms with Crippen LogP contribution in [0.4, 0.5) is 4.39 Å². The quantitative estimate of drug-likeness (QED) is 0.465. The molecule has 0 saturated heterocycles. The molecule has 0 fully saturated rings. The fraction of sp³-hybridized carbons (Fsp3) is 0. The van der Waals surface area contributed by atoms with E-state index in [0.29, 0.717) is 26.2 Å². The SMILES string of the molecule is O=c1oc2ccc(F)cc2c2cccc(Br)c12. The van der Waals surface area contributed by atoms with Crippen molar-refractivity contribution in [2.75, 3.05) is 0 Å². The first-order valence-corrected chi connectivity index (χ1v) is 5.77. The first kappa shape index (κ1) is 10.5. The van der Waals surface area contributed by atoms with Gasteiger partial charge < -0.3 is 4.42 Å². The molecule has 0 aliphatic rings. The predicted molar refractivity (Wildman–Crippen MR) is 67.6 cm³/mol. The number of hydrogen-bond acceptors (Lipinski definition) is 2. The Balaban J connectivity index is 2.67. The van der Waals surface area contributed by atoms with Crippen LogP contribution in [-0.4, -0.2) is 0 Å². The van der Waals surface area contributed by atoms with Crippen molar-refractivity contribution in [1.29, 1.82) is 0 Å². The Morgan fingerprint density at radius 2 is 1.94 bits per heavy atom. The fourth-order valence-corrected chi connectivity index (χ4v) is 2.44. The highest BCUT2D eigenvalue weighted by Gasteiger charge is 2.10. The van der Waals surface area contributed by atoms with E-state index < -0.39 is 5.63 Å². The van der Waals surface area contributed by atoms with Crippen molar-refractivity contribution in [2.24, 2.45) is 0 Å². The predicted octanol–water partition coefficient (Wildman–Crippen LogP) is 3.85. The molecule has 0 unspecified atom stereocenters. The maximum absolute atomic E-state index is 13.2. The highest BCUT2D eigenvalue weighted by molar-refractivity contribution is 9.10. The molecule has 2 aromatic carbocycles. The zero-order valence-electron chi connectivity index (χ0n) is 8.54. The van der Waals surface area contributed by atoms with Crippen molar-refractivity contribution in [2.45, 2.75) is 0 Å². The van der Waals surface area contributed by atoms with Gasteiger partial charge in [0.1, 0.15) is 11.4 Å². The van der Waals surface area contributed by atoms with Crippen LogP contribution < -0.4 is 5.63 Å². The third-order valence-corrected chi connectivity index (χ3v) is 3.31. The van der Waals surface area contributed by atoms with Crippen molar-refractivity contribution in [3.63, 3.8) is 0 Å². The molecule has 1 aromatic heterocycles. The van der Waals surface area contributed by atoms with Gasteiger partial charge in [-0.1, -0.05) is 12.1 Å². The zero-order chi connectivity index (χ0) is 12.0. The van der Waals surface area contributed by atoms with Gasteiger partial charge in [0, 0.05) is 15.2 Å². The molecule has 0 bridgehead atoms. The molecule has 0 atom stereocenters. The minimum absolute atomic E-state index is 0.354. The maximum atomic E-state index is 13.2. The fourth-order valence-electron chi connectivity index (χ4n) is 1.91. The molecule has 0 aliphatic carbocycles. The Hall–Kier alpha value is -1.68. The van der Waals surface area contributed by atoms with Crippen LogP contribution in [0.1, 0.15) is 0 Å². The number of benzene rings is 2. The van der Waals surface area contributed by atoms with Gasteiger partial charge in [-0.05, 0) is 40.2 Å². The topological polar surface area (TPSA) is 30.2 Å². The zero-order valence-corrected chi connectivity index (χ0v) is 10.1. The highest BCUT2D eigenvalue weighted by Crippen LogP contribution is 2.27. The monoisotopic (exact) mass is 292 g/mol. The van der Waals surface area contributed by atoms with Gasteiger partial charge in [0.05, 0.1) is 5.39 Å². The first-order valence-electron chi connectivity index (χ1n) is 4.97. The summed E-state index contributed by atoms with van der Waals surface area (Å²) in [7, 11) is 0. The van der Waals surface area contributed by atoms with E-state index >= 15 is 0 Å². The molecule has 0 spiro atoms. The molecule has 4 heteroatoms. The molecule has 0 saturated carbocycles. The third kappa shape index (κ3) is 1.56. The summed E-state index contributed by atoms with van der Waals surface area (Å²) in [5, 5.41) is 1.72. The molecule has 2 nitrogen and oxygen atoms in total. The molecule has 84 valence electrons. The summed E-state index contributed by atoms with van der Waals surface area (Å²) in [5.41, 5.74) is -0.0337. The molecular formula is C13H6BrFO2. The van der Waals surface area contributed by atoms with E-state index in [1.165, 1.54) is 18.2 Å². The van der Waals surface area contributed by atoms with E-state index in [2.05, 4.69) is 15.9 Å². The van der Waals surface area contributed by atoms with E-state index in [1.54, 1.807) is 18.2 Å². The van der Waals surface area contributed by atoms with Gasteiger partial charge in [-0.25, -0.2) is 9.18 Å². The van der Waals surface area contributed by atoms with Gasteiger partial charge in [0.25, 0.3) is 0 Å². The van der Waals surface area contributed by atoms with Crippen LogP contribution in [0.15, 0.2) is 50.1 Å². The lowest BCUT2D eigenvalue weighted by Gasteiger charge is -2.03. The summed E-state index contributed by atoms with van der Waals surface area (Å²) in [4.78, 5) is 11.8. The second-order valence-electron chi connectivity index (χ2n) is 3.69. The summed E-state index contributed by atoms with van der Waals surface area (Å²) in [6, 6.07) is 9.44. The molecule has 3 rings (SSSR count). The number of rotatable bonds is 0. The van der Waals surface area contributed by atoms with Crippen LogP contribution in [0.2, 0.25) is 0 Å². The van der Waals surface area contributed by atoms with Crippen molar-refractivity contribution in [3.8, 4) is 0 Å². The summed E-state index contributed by atoms with van der Waals surface area (Å²) in [6.07, 6.45) is 0. The molecule has 3 aromatic rings. The van der Waals surface area contributed by atoms with Crippen LogP contribution in [0.3, 0.4) is 0 Å². The standard InChI is InChI=1S/C13H6BrFO2/c14-10-3-1-2-8-9-6-7(15)4-5-11(9)17-13(16)12(8)10/h1-6H. The molecule has 0 radical (unpaired) electrons. The molecule has 0 amide bonds. The van der Waals surface area contributed by atoms with Gasteiger partial charge >= 0.3 is 5.63 Å².